The molecule has 0 heterocycles. The van der Waals surface area contributed by atoms with Crippen molar-refractivity contribution < 1.29 is 13.2 Å². The molecule has 1 N–H and O–H groups in total. The molecule has 2 rings (SSSR count). The van der Waals surface area contributed by atoms with Gasteiger partial charge in [-0.3, -0.25) is 9.10 Å². The zero-order chi connectivity index (χ0) is 19.3. The molecule has 0 aliphatic rings. The van der Waals surface area contributed by atoms with Crippen LogP contribution in [-0.4, -0.2) is 27.1 Å². The number of carbonyl (C=O) groups excluding carboxylic acids is 1. The van der Waals surface area contributed by atoms with E-state index >= 15 is 0 Å². The molecule has 0 radical (unpaired) electrons. The van der Waals surface area contributed by atoms with Gasteiger partial charge in [-0.15, -0.1) is 0 Å². The number of sulfonamides is 1. The highest BCUT2D eigenvalue weighted by Crippen LogP contribution is 2.22. The normalized spacial score (nSPS) is 11.2. The number of anilines is 2. The van der Waals surface area contributed by atoms with Crippen LogP contribution in [0.3, 0.4) is 0 Å². The van der Waals surface area contributed by atoms with E-state index < -0.39 is 10.0 Å². The van der Waals surface area contributed by atoms with E-state index in [2.05, 4.69) is 5.32 Å². The standard InChI is InChI=1S/C20H26N2O3S/c1-15-11-12-18(14-17(15)3)22(26(4,24)25)13-7-10-20(23)21-19-9-6-5-8-16(19)2/h5-6,8-9,11-12,14H,7,10,13H2,1-4H3,(H,21,23). The lowest BCUT2D eigenvalue weighted by atomic mass is 10.1. The van der Waals surface area contributed by atoms with E-state index in [9.17, 15) is 13.2 Å². The third-order valence-corrected chi connectivity index (χ3v) is 5.56. The number of amides is 1. The van der Waals surface area contributed by atoms with Crippen molar-refractivity contribution >= 4 is 27.3 Å². The van der Waals surface area contributed by atoms with Crippen LogP contribution >= 0.6 is 0 Å². The number of hydrogen-bond donors (Lipinski definition) is 1. The summed E-state index contributed by atoms with van der Waals surface area (Å²) < 4.78 is 25.7. The lowest BCUT2D eigenvalue weighted by molar-refractivity contribution is -0.116. The van der Waals surface area contributed by atoms with Crippen LogP contribution in [0.5, 0.6) is 0 Å². The van der Waals surface area contributed by atoms with E-state index in [0.29, 0.717) is 12.1 Å². The van der Waals surface area contributed by atoms with Crippen LogP contribution in [0.15, 0.2) is 42.5 Å². The Kier molecular flexibility index (Phi) is 6.42. The van der Waals surface area contributed by atoms with Crippen molar-refractivity contribution in [2.75, 3.05) is 22.4 Å². The zero-order valence-corrected chi connectivity index (χ0v) is 16.6. The molecule has 0 saturated carbocycles. The molecule has 0 unspecified atom stereocenters. The number of carbonyl (C=O) groups is 1. The Morgan fingerprint density at radius 1 is 1.00 bits per heavy atom. The van der Waals surface area contributed by atoms with Crippen molar-refractivity contribution in [1.29, 1.82) is 0 Å². The molecule has 0 aliphatic carbocycles. The highest BCUT2D eigenvalue weighted by Gasteiger charge is 2.18. The van der Waals surface area contributed by atoms with Crippen LogP contribution in [0.4, 0.5) is 11.4 Å². The summed E-state index contributed by atoms with van der Waals surface area (Å²) >= 11 is 0. The van der Waals surface area contributed by atoms with Gasteiger partial charge in [-0.1, -0.05) is 24.3 Å². The number of benzene rings is 2. The van der Waals surface area contributed by atoms with Gasteiger partial charge in [-0.05, 0) is 62.1 Å². The molecule has 0 fully saturated rings. The minimum Gasteiger partial charge on any atom is -0.326 e. The highest BCUT2D eigenvalue weighted by atomic mass is 32.2. The molecule has 6 heteroatoms. The lowest BCUT2D eigenvalue weighted by Gasteiger charge is -2.23. The average Bonchev–Trinajstić information content (AvgIpc) is 2.55. The first-order valence-corrected chi connectivity index (χ1v) is 10.4. The second-order valence-electron chi connectivity index (χ2n) is 6.57. The van der Waals surface area contributed by atoms with Gasteiger partial charge in [0.1, 0.15) is 0 Å². The monoisotopic (exact) mass is 374 g/mol. The minimum atomic E-state index is -3.41. The predicted molar refractivity (Wildman–Crippen MR) is 107 cm³/mol. The summed E-state index contributed by atoms with van der Waals surface area (Å²) in [5.41, 5.74) is 4.56. The maximum atomic E-state index is 12.2. The molecule has 26 heavy (non-hydrogen) atoms. The smallest absolute Gasteiger partial charge is 0.232 e. The topological polar surface area (TPSA) is 66.5 Å². The van der Waals surface area contributed by atoms with Gasteiger partial charge in [0, 0.05) is 18.7 Å². The Morgan fingerprint density at radius 3 is 2.31 bits per heavy atom. The van der Waals surface area contributed by atoms with Crippen molar-refractivity contribution in [1.82, 2.24) is 0 Å². The summed E-state index contributed by atoms with van der Waals surface area (Å²) in [6, 6.07) is 13.1. The van der Waals surface area contributed by atoms with Gasteiger partial charge in [0.2, 0.25) is 15.9 Å². The summed E-state index contributed by atoms with van der Waals surface area (Å²) in [5.74, 6) is -0.118. The Labute approximate surface area is 156 Å². The maximum Gasteiger partial charge on any atom is 0.232 e. The van der Waals surface area contributed by atoms with Crippen molar-refractivity contribution in [2.45, 2.75) is 33.6 Å². The number of nitrogens with one attached hydrogen (secondary N) is 1. The first-order chi connectivity index (χ1) is 12.2. The number of rotatable bonds is 7. The van der Waals surface area contributed by atoms with Gasteiger partial charge in [0.05, 0.1) is 11.9 Å². The third-order valence-electron chi connectivity index (χ3n) is 4.36. The molecule has 1 amide bonds. The molecular weight excluding hydrogens is 348 g/mol. The summed E-state index contributed by atoms with van der Waals surface area (Å²) in [6.07, 6.45) is 1.89. The molecule has 2 aromatic carbocycles. The quantitative estimate of drug-likeness (QED) is 0.802. The Balaban J connectivity index is 2.01. The molecule has 0 saturated heterocycles. The minimum absolute atomic E-state index is 0.118. The fourth-order valence-corrected chi connectivity index (χ4v) is 3.63. The van der Waals surface area contributed by atoms with E-state index in [0.717, 1.165) is 22.4 Å². The summed E-state index contributed by atoms with van der Waals surface area (Å²) in [4.78, 5) is 12.2. The van der Waals surface area contributed by atoms with E-state index in [4.69, 9.17) is 0 Å². The summed E-state index contributed by atoms with van der Waals surface area (Å²) in [7, 11) is -3.41. The van der Waals surface area contributed by atoms with Crippen LogP contribution in [0.1, 0.15) is 29.5 Å². The number of aryl methyl sites for hydroxylation is 3. The van der Waals surface area contributed by atoms with Crippen LogP contribution < -0.4 is 9.62 Å². The Hall–Kier alpha value is -2.34. The van der Waals surface area contributed by atoms with Gasteiger partial charge < -0.3 is 5.32 Å². The molecule has 0 aromatic heterocycles. The van der Waals surface area contributed by atoms with Crippen LogP contribution in [0, 0.1) is 20.8 Å². The number of nitrogens with zero attached hydrogens (tertiary/aromatic N) is 1. The van der Waals surface area contributed by atoms with Gasteiger partial charge in [-0.2, -0.15) is 0 Å². The van der Waals surface area contributed by atoms with E-state index in [1.165, 1.54) is 10.6 Å². The first-order valence-electron chi connectivity index (χ1n) is 8.59. The number of hydrogen-bond acceptors (Lipinski definition) is 3. The Bertz CT molecular complexity index is 892. The van der Waals surface area contributed by atoms with Gasteiger partial charge in [-0.25, -0.2) is 8.42 Å². The third kappa shape index (κ3) is 5.33. The SMILES string of the molecule is Cc1ccc(N(CCCC(=O)Nc2ccccc2C)S(C)(=O)=O)cc1C. The molecule has 0 bridgehead atoms. The van der Waals surface area contributed by atoms with Gasteiger partial charge in [0.25, 0.3) is 0 Å². The molecule has 0 atom stereocenters. The van der Waals surface area contributed by atoms with Crippen LogP contribution in [0.25, 0.3) is 0 Å². The number of para-hydroxylation sites is 1. The first kappa shape index (κ1) is 20.0. The van der Waals surface area contributed by atoms with Gasteiger partial charge >= 0.3 is 0 Å². The van der Waals surface area contributed by atoms with Crippen molar-refractivity contribution in [3.05, 3.63) is 59.2 Å². The highest BCUT2D eigenvalue weighted by molar-refractivity contribution is 7.92. The summed E-state index contributed by atoms with van der Waals surface area (Å²) in [5, 5.41) is 2.87. The van der Waals surface area contributed by atoms with Crippen LogP contribution in [0.2, 0.25) is 0 Å². The Morgan fingerprint density at radius 2 is 1.69 bits per heavy atom. The van der Waals surface area contributed by atoms with E-state index in [-0.39, 0.29) is 18.9 Å². The zero-order valence-electron chi connectivity index (χ0n) is 15.7. The molecule has 0 spiro atoms. The van der Waals surface area contributed by atoms with E-state index in [1.807, 2.05) is 57.2 Å². The van der Waals surface area contributed by atoms with Gasteiger partial charge in [0.15, 0.2) is 0 Å². The fourth-order valence-electron chi connectivity index (χ4n) is 2.68. The molecule has 5 nitrogen and oxygen atoms in total. The molecular formula is C20H26N2O3S. The fraction of sp³-hybridized carbons (Fsp3) is 0.350. The summed E-state index contributed by atoms with van der Waals surface area (Å²) in [6.45, 7) is 6.14. The average molecular weight is 375 g/mol. The van der Waals surface area contributed by atoms with Crippen molar-refractivity contribution in [3.8, 4) is 0 Å². The van der Waals surface area contributed by atoms with Crippen molar-refractivity contribution in [3.63, 3.8) is 0 Å². The molecule has 0 aliphatic heterocycles. The largest absolute Gasteiger partial charge is 0.326 e. The predicted octanol–water partition coefficient (Wildman–Crippen LogP) is 3.80. The second kappa shape index (κ2) is 8.36. The van der Waals surface area contributed by atoms with E-state index in [1.54, 1.807) is 6.07 Å². The van der Waals surface area contributed by atoms with Crippen LogP contribution in [-0.2, 0) is 14.8 Å². The second-order valence-corrected chi connectivity index (χ2v) is 8.48. The van der Waals surface area contributed by atoms with Crippen molar-refractivity contribution in [2.24, 2.45) is 0 Å². The lowest BCUT2D eigenvalue weighted by Crippen LogP contribution is -2.31. The maximum absolute atomic E-state index is 12.2. The molecule has 140 valence electrons. The molecule has 2 aromatic rings.